The number of aliphatic hydroxyl groups is 1. The van der Waals surface area contributed by atoms with Crippen LogP contribution in [0.3, 0.4) is 0 Å². The van der Waals surface area contributed by atoms with Gasteiger partial charge in [0.2, 0.25) is 0 Å². The molecule has 0 bridgehead atoms. The van der Waals surface area contributed by atoms with E-state index in [4.69, 9.17) is 4.74 Å². The van der Waals surface area contributed by atoms with Crippen molar-refractivity contribution < 1.29 is 24.5 Å². The summed E-state index contributed by atoms with van der Waals surface area (Å²) in [6.07, 6.45) is 1.59. The first-order valence-electron chi connectivity index (χ1n) is 10.6. The Labute approximate surface area is 182 Å². The molecule has 2 aromatic carbocycles. The highest BCUT2D eigenvalue weighted by Crippen LogP contribution is 2.40. The number of carbonyl (C=O) groups excluding carboxylic acids is 2. The van der Waals surface area contributed by atoms with Crippen molar-refractivity contribution in [1.82, 2.24) is 4.90 Å². The largest absolute Gasteiger partial charge is 0.508 e. The van der Waals surface area contributed by atoms with Gasteiger partial charge in [-0.25, -0.2) is 0 Å². The minimum atomic E-state index is -0.759. The number of benzene rings is 2. The van der Waals surface area contributed by atoms with Crippen molar-refractivity contribution in [2.45, 2.75) is 52.7 Å². The van der Waals surface area contributed by atoms with Gasteiger partial charge in [0, 0.05) is 12.1 Å². The van der Waals surface area contributed by atoms with E-state index in [2.05, 4.69) is 0 Å². The number of carbonyl (C=O) groups is 2. The standard InChI is InChI=1S/C25H29NO5/c1-5-6-12-26-22(17-8-7-9-19(27)14-17)21(24(29)25(26)30)23(28)18-10-11-20(16(4)13-18)31-15(2)3/h7-11,13-15,22,27-28H,5-6,12H2,1-4H3/b23-21-. The summed E-state index contributed by atoms with van der Waals surface area (Å²) >= 11 is 0. The Hall–Kier alpha value is -3.28. The predicted molar refractivity (Wildman–Crippen MR) is 119 cm³/mol. The van der Waals surface area contributed by atoms with Crippen molar-refractivity contribution >= 4 is 17.4 Å². The molecular weight excluding hydrogens is 394 g/mol. The van der Waals surface area contributed by atoms with Crippen LogP contribution in [0.15, 0.2) is 48.0 Å². The summed E-state index contributed by atoms with van der Waals surface area (Å²) in [7, 11) is 0. The number of likely N-dealkylation sites (tertiary alicyclic amines) is 1. The molecule has 0 radical (unpaired) electrons. The smallest absolute Gasteiger partial charge is 0.295 e. The number of hydrogen-bond donors (Lipinski definition) is 2. The maximum absolute atomic E-state index is 13.0. The van der Waals surface area contributed by atoms with Crippen LogP contribution in [0, 0.1) is 6.92 Å². The van der Waals surface area contributed by atoms with Gasteiger partial charge < -0.3 is 19.8 Å². The molecule has 2 aromatic rings. The molecule has 1 amide bonds. The second kappa shape index (κ2) is 9.25. The first kappa shape index (κ1) is 22.4. The van der Waals surface area contributed by atoms with E-state index >= 15 is 0 Å². The van der Waals surface area contributed by atoms with Crippen LogP contribution in [-0.4, -0.2) is 39.5 Å². The van der Waals surface area contributed by atoms with Gasteiger partial charge >= 0.3 is 0 Å². The van der Waals surface area contributed by atoms with Crippen LogP contribution < -0.4 is 4.74 Å². The van der Waals surface area contributed by atoms with Gasteiger partial charge in [-0.1, -0.05) is 25.5 Å². The summed E-state index contributed by atoms with van der Waals surface area (Å²) in [5.41, 5.74) is 1.86. The number of rotatable bonds is 7. The first-order chi connectivity index (χ1) is 14.7. The van der Waals surface area contributed by atoms with Crippen LogP contribution >= 0.6 is 0 Å². The molecule has 1 aliphatic rings. The third kappa shape index (κ3) is 4.58. The molecule has 1 fully saturated rings. The molecule has 1 atom stereocenters. The molecule has 1 saturated heterocycles. The first-order valence-corrected chi connectivity index (χ1v) is 10.6. The Morgan fingerprint density at radius 3 is 2.52 bits per heavy atom. The average Bonchev–Trinajstić information content (AvgIpc) is 2.97. The van der Waals surface area contributed by atoms with E-state index in [1.807, 2.05) is 27.7 Å². The number of aromatic hydroxyl groups is 1. The molecule has 6 heteroatoms. The summed E-state index contributed by atoms with van der Waals surface area (Å²) in [5.74, 6) is -0.865. The SMILES string of the molecule is CCCCN1C(=O)C(=O)/C(=C(\O)c2ccc(OC(C)C)c(C)c2)C1c1cccc(O)c1. The Balaban J connectivity index is 2.12. The van der Waals surface area contributed by atoms with Gasteiger partial charge in [-0.05, 0) is 68.7 Å². The van der Waals surface area contributed by atoms with Crippen LogP contribution in [0.1, 0.15) is 56.3 Å². The zero-order valence-corrected chi connectivity index (χ0v) is 18.4. The lowest BCUT2D eigenvalue weighted by Crippen LogP contribution is -2.30. The second-order valence-corrected chi connectivity index (χ2v) is 8.09. The molecule has 0 saturated carbocycles. The Morgan fingerprint density at radius 1 is 1.16 bits per heavy atom. The van der Waals surface area contributed by atoms with E-state index < -0.39 is 17.7 Å². The summed E-state index contributed by atoms with van der Waals surface area (Å²) < 4.78 is 5.75. The van der Waals surface area contributed by atoms with E-state index in [0.29, 0.717) is 23.4 Å². The zero-order valence-electron chi connectivity index (χ0n) is 18.4. The van der Waals surface area contributed by atoms with Crippen LogP contribution in [0.5, 0.6) is 11.5 Å². The number of phenolic OH excluding ortho intramolecular Hbond substituents is 1. The zero-order chi connectivity index (χ0) is 22.7. The summed E-state index contributed by atoms with van der Waals surface area (Å²) in [6.45, 7) is 8.11. The lowest BCUT2D eigenvalue weighted by Gasteiger charge is -2.25. The minimum Gasteiger partial charge on any atom is -0.508 e. The molecule has 0 aromatic heterocycles. The monoisotopic (exact) mass is 423 g/mol. The number of unbranched alkanes of at least 4 members (excludes halogenated alkanes) is 1. The summed E-state index contributed by atoms with van der Waals surface area (Å²) in [5, 5.41) is 21.1. The summed E-state index contributed by atoms with van der Waals surface area (Å²) in [6, 6.07) is 10.9. The maximum Gasteiger partial charge on any atom is 0.295 e. The molecule has 0 spiro atoms. The molecule has 6 nitrogen and oxygen atoms in total. The van der Waals surface area contributed by atoms with Gasteiger partial charge in [0.05, 0.1) is 17.7 Å². The number of amides is 1. The van der Waals surface area contributed by atoms with E-state index in [1.54, 1.807) is 30.3 Å². The van der Waals surface area contributed by atoms with Gasteiger partial charge in [-0.15, -0.1) is 0 Å². The van der Waals surface area contributed by atoms with E-state index in [0.717, 1.165) is 18.4 Å². The van der Waals surface area contributed by atoms with Gasteiger partial charge in [0.1, 0.15) is 17.3 Å². The highest BCUT2D eigenvalue weighted by Gasteiger charge is 2.45. The number of Topliss-reactive ketones (excluding diaryl/α,β-unsaturated/α-hetero) is 1. The minimum absolute atomic E-state index is 0.00722. The van der Waals surface area contributed by atoms with E-state index in [1.165, 1.54) is 17.0 Å². The fourth-order valence-corrected chi connectivity index (χ4v) is 3.82. The number of aliphatic hydroxyl groups excluding tert-OH is 1. The lowest BCUT2D eigenvalue weighted by atomic mass is 9.94. The second-order valence-electron chi connectivity index (χ2n) is 8.09. The average molecular weight is 424 g/mol. The number of aryl methyl sites for hydroxylation is 1. The topological polar surface area (TPSA) is 87.1 Å². The molecule has 1 heterocycles. The van der Waals surface area contributed by atoms with Crippen molar-refractivity contribution in [2.75, 3.05) is 6.54 Å². The van der Waals surface area contributed by atoms with E-state index in [-0.39, 0.29) is 23.2 Å². The van der Waals surface area contributed by atoms with Gasteiger partial charge in [-0.3, -0.25) is 9.59 Å². The summed E-state index contributed by atoms with van der Waals surface area (Å²) in [4.78, 5) is 27.3. The quantitative estimate of drug-likeness (QED) is 0.383. The lowest BCUT2D eigenvalue weighted by molar-refractivity contribution is -0.139. The van der Waals surface area contributed by atoms with Crippen LogP contribution in [0.2, 0.25) is 0 Å². The molecule has 0 aliphatic carbocycles. The van der Waals surface area contributed by atoms with Gasteiger partial charge in [-0.2, -0.15) is 0 Å². The number of phenols is 1. The third-order valence-corrected chi connectivity index (χ3v) is 5.29. The number of ether oxygens (including phenoxy) is 1. The van der Waals surface area contributed by atoms with Gasteiger partial charge in [0.25, 0.3) is 11.7 Å². The molecule has 1 aliphatic heterocycles. The number of hydrogen-bond acceptors (Lipinski definition) is 5. The van der Waals surface area contributed by atoms with Crippen LogP contribution in [0.25, 0.3) is 5.76 Å². The third-order valence-electron chi connectivity index (χ3n) is 5.29. The number of ketones is 1. The Kier molecular flexibility index (Phi) is 6.68. The highest BCUT2D eigenvalue weighted by molar-refractivity contribution is 6.46. The molecule has 164 valence electrons. The fourth-order valence-electron chi connectivity index (χ4n) is 3.82. The van der Waals surface area contributed by atoms with Crippen LogP contribution in [-0.2, 0) is 9.59 Å². The van der Waals surface area contributed by atoms with Crippen molar-refractivity contribution in [3.05, 3.63) is 64.7 Å². The van der Waals surface area contributed by atoms with Gasteiger partial charge in [0.15, 0.2) is 0 Å². The van der Waals surface area contributed by atoms with Crippen molar-refractivity contribution in [2.24, 2.45) is 0 Å². The fraction of sp³-hybridized carbons (Fsp3) is 0.360. The van der Waals surface area contributed by atoms with Crippen molar-refractivity contribution in [3.8, 4) is 11.5 Å². The highest BCUT2D eigenvalue weighted by atomic mass is 16.5. The molecule has 3 rings (SSSR count). The molecule has 31 heavy (non-hydrogen) atoms. The molecule has 1 unspecified atom stereocenters. The molecule has 2 N–H and O–H groups in total. The van der Waals surface area contributed by atoms with Crippen molar-refractivity contribution in [3.63, 3.8) is 0 Å². The predicted octanol–water partition coefficient (Wildman–Crippen LogP) is 4.71. The Morgan fingerprint density at radius 2 is 1.90 bits per heavy atom. The number of nitrogens with zero attached hydrogens (tertiary/aromatic N) is 1. The van der Waals surface area contributed by atoms with Crippen LogP contribution in [0.4, 0.5) is 0 Å². The van der Waals surface area contributed by atoms with Crippen molar-refractivity contribution in [1.29, 1.82) is 0 Å². The maximum atomic E-state index is 13.0. The normalized spacial score (nSPS) is 18.1. The molecular formula is C25H29NO5. The Bertz CT molecular complexity index is 1020. The van der Waals surface area contributed by atoms with E-state index in [9.17, 15) is 19.8 Å².